The fraction of sp³-hybridized carbons (Fsp3) is 0.368. The Bertz CT molecular complexity index is 798. The van der Waals surface area contributed by atoms with Gasteiger partial charge in [0.15, 0.2) is 0 Å². The van der Waals surface area contributed by atoms with Crippen molar-refractivity contribution in [3.05, 3.63) is 53.2 Å². The molecule has 2 aliphatic rings. The third-order valence-corrected chi connectivity index (χ3v) is 5.23. The van der Waals surface area contributed by atoms with E-state index in [2.05, 4.69) is 27.1 Å². The molecule has 4 rings (SSSR count). The number of morpholine rings is 1. The molecule has 1 aromatic heterocycles. The molecular weight excluding hydrogens is 352 g/mol. The van der Waals surface area contributed by atoms with E-state index in [1.54, 1.807) is 36.5 Å². The van der Waals surface area contributed by atoms with Crippen LogP contribution in [0.1, 0.15) is 10.4 Å². The van der Waals surface area contributed by atoms with Crippen molar-refractivity contribution in [2.45, 2.75) is 12.1 Å². The summed E-state index contributed by atoms with van der Waals surface area (Å²) in [6.07, 6.45) is 1.84. The number of carbonyl (C=O) groups is 1. The number of fused-ring (bicyclic) bond motifs is 1. The summed E-state index contributed by atoms with van der Waals surface area (Å²) in [5.74, 6) is 0.667. The molecule has 6 nitrogen and oxygen atoms in total. The van der Waals surface area contributed by atoms with Gasteiger partial charge in [-0.1, -0.05) is 17.7 Å². The van der Waals surface area contributed by atoms with E-state index in [0.717, 1.165) is 32.1 Å². The Labute approximate surface area is 157 Å². The van der Waals surface area contributed by atoms with E-state index >= 15 is 0 Å². The third kappa shape index (κ3) is 3.53. The molecule has 1 amide bonds. The van der Waals surface area contributed by atoms with Crippen LogP contribution in [-0.4, -0.2) is 61.2 Å². The molecule has 136 valence electrons. The molecule has 7 heteroatoms. The predicted molar refractivity (Wildman–Crippen MR) is 102 cm³/mol. The number of halogens is 1. The third-order valence-electron chi connectivity index (χ3n) is 5.00. The maximum absolute atomic E-state index is 12.4. The van der Waals surface area contributed by atoms with Crippen LogP contribution in [0.15, 0.2) is 42.6 Å². The molecule has 2 unspecified atom stereocenters. The molecule has 1 aromatic carbocycles. The van der Waals surface area contributed by atoms with Crippen LogP contribution < -0.4 is 10.2 Å². The minimum absolute atomic E-state index is 0.204. The minimum atomic E-state index is -0.204. The first kappa shape index (κ1) is 17.3. The second-order valence-electron chi connectivity index (χ2n) is 6.73. The van der Waals surface area contributed by atoms with E-state index in [0.29, 0.717) is 22.3 Å². The highest BCUT2D eigenvalue weighted by molar-refractivity contribution is 6.30. The number of anilines is 2. The highest BCUT2D eigenvalue weighted by atomic mass is 35.5. The molecule has 1 N–H and O–H groups in total. The quantitative estimate of drug-likeness (QED) is 0.897. The maximum atomic E-state index is 12.4. The zero-order chi connectivity index (χ0) is 18.1. The van der Waals surface area contributed by atoms with E-state index in [4.69, 9.17) is 16.3 Å². The van der Waals surface area contributed by atoms with E-state index < -0.39 is 0 Å². The Morgan fingerprint density at radius 2 is 2.19 bits per heavy atom. The summed E-state index contributed by atoms with van der Waals surface area (Å²) in [7, 11) is 2.14. The Morgan fingerprint density at radius 3 is 2.92 bits per heavy atom. The van der Waals surface area contributed by atoms with Crippen molar-refractivity contribution in [3.8, 4) is 0 Å². The average Bonchev–Trinajstić information content (AvgIpc) is 3.08. The lowest BCUT2D eigenvalue weighted by atomic mass is 10.1. The summed E-state index contributed by atoms with van der Waals surface area (Å²) in [5.41, 5.74) is 1.18. The lowest BCUT2D eigenvalue weighted by Gasteiger charge is -2.33. The molecule has 2 fully saturated rings. The largest absolute Gasteiger partial charge is 0.373 e. The number of aromatic nitrogens is 1. The molecular formula is C19H21ClN4O2. The molecule has 0 saturated carbocycles. The normalized spacial score (nSPS) is 22.9. The van der Waals surface area contributed by atoms with Crippen LogP contribution in [0.4, 0.5) is 11.5 Å². The summed E-state index contributed by atoms with van der Waals surface area (Å²) < 4.78 is 5.88. The number of rotatable bonds is 3. The predicted octanol–water partition coefficient (Wildman–Crippen LogP) is 2.51. The topological polar surface area (TPSA) is 57.7 Å². The molecule has 0 spiro atoms. The summed E-state index contributed by atoms with van der Waals surface area (Å²) in [5, 5.41) is 3.41. The van der Waals surface area contributed by atoms with Gasteiger partial charge in [-0.25, -0.2) is 4.98 Å². The monoisotopic (exact) mass is 372 g/mol. The van der Waals surface area contributed by atoms with Gasteiger partial charge in [0.1, 0.15) is 5.82 Å². The number of hydrogen-bond acceptors (Lipinski definition) is 5. The van der Waals surface area contributed by atoms with Crippen LogP contribution in [0.25, 0.3) is 0 Å². The molecule has 2 aliphatic heterocycles. The van der Waals surface area contributed by atoms with Crippen molar-refractivity contribution < 1.29 is 9.53 Å². The second-order valence-corrected chi connectivity index (χ2v) is 7.17. The molecule has 3 heterocycles. The standard InChI is InChI=1S/C19H21ClN4O2/c1-23-7-8-26-17-12-24(11-16(17)23)18-6-5-13(10-21-18)19(25)22-15-4-2-3-14(20)9-15/h2-6,9-10,16-17H,7-8,11-12H2,1H3,(H,22,25). The lowest BCUT2D eigenvalue weighted by Crippen LogP contribution is -2.48. The minimum Gasteiger partial charge on any atom is -0.373 e. The van der Waals surface area contributed by atoms with Crippen LogP contribution >= 0.6 is 11.6 Å². The lowest BCUT2D eigenvalue weighted by molar-refractivity contribution is -0.0362. The molecule has 0 aliphatic carbocycles. The number of amides is 1. The number of nitrogens with zero attached hydrogens (tertiary/aromatic N) is 3. The van der Waals surface area contributed by atoms with Gasteiger partial charge in [-0.05, 0) is 37.4 Å². The second kappa shape index (κ2) is 7.23. The van der Waals surface area contributed by atoms with Gasteiger partial charge in [-0.3, -0.25) is 9.69 Å². The highest BCUT2D eigenvalue weighted by Crippen LogP contribution is 2.25. The Balaban J connectivity index is 1.43. The van der Waals surface area contributed by atoms with Crippen molar-refractivity contribution in [2.24, 2.45) is 0 Å². The van der Waals surface area contributed by atoms with Gasteiger partial charge in [-0.15, -0.1) is 0 Å². The van der Waals surface area contributed by atoms with E-state index in [-0.39, 0.29) is 12.0 Å². The fourth-order valence-electron chi connectivity index (χ4n) is 3.52. The zero-order valence-electron chi connectivity index (χ0n) is 14.6. The van der Waals surface area contributed by atoms with Crippen molar-refractivity contribution in [1.82, 2.24) is 9.88 Å². The first-order valence-electron chi connectivity index (χ1n) is 8.70. The number of benzene rings is 1. The van der Waals surface area contributed by atoms with Crippen molar-refractivity contribution >= 4 is 29.0 Å². The molecule has 26 heavy (non-hydrogen) atoms. The molecule has 0 bridgehead atoms. The Morgan fingerprint density at radius 1 is 1.31 bits per heavy atom. The van der Waals surface area contributed by atoms with Crippen LogP contribution in [0.5, 0.6) is 0 Å². The molecule has 2 aromatic rings. The number of likely N-dealkylation sites (N-methyl/N-ethyl adjacent to an activating group) is 1. The van der Waals surface area contributed by atoms with Gasteiger partial charge in [-0.2, -0.15) is 0 Å². The fourth-order valence-corrected chi connectivity index (χ4v) is 3.71. The maximum Gasteiger partial charge on any atom is 0.257 e. The Kier molecular flexibility index (Phi) is 4.80. The molecule has 2 saturated heterocycles. The first-order valence-corrected chi connectivity index (χ1v) is 9.08. The molecule has 0 radical (unpaired) electrons. The van der Waals surface area contributed by atoms with E-state index in [1.807, 2.05) is 6.07 Å². The summed E-state index contributed by atoms with van der Waals surface area (Å²) in [4.78, 5) is 21.4. The van der Waals surface area contributed by atoms with Gasteiger partial charge in [0, 0.05) is 36.5 Å². The van der Waals surface area contributed by atoms with Gasteiger partial charge in [0.05, 0.1) is 24.3 Å². The average molecular weight is 373 g/mol. The van der Waals surface area contributed by atoms with Crippen molar-refractivity contribution in [2.75, 3.05) is 43.5 Å². The van der Waals surface area contributed by atoms with E-state index in [9.17, 15) is 4.79 Å². The van der Waals surface area contributed by atoms with Crippen molar-refractivity contribution in [3.63, 3.8) is 0 Å². The van der Waals surface area contributed by atoms with E-state index in [1.165, 1.54) is 0 Å². The highest BCUT2D eigenvalue weighted by Gasteiger charge is 2.39. The SMILES string of the molecule is CN1CCOC2CN(c3ccc(C(=O)Nc4cccc(Cl)c4)cn3)CC21. The van der Waals surface area contributed by atoms with Crippen LogP contribution in [0, 0.1) is 0 Å². The van der Waals surface area contributed by atoms with Gasteiger partial charge < -0.3 is 15.0 Å². The summed E-state index contributed by atoms with van der Waals surface area (Å²) in [6, 6.07) is 11.2. The van der Waals surface area contributed by atoms with Gasteiger partial charge in [0.2, 0.25) is 0 Å². The summed E-state index contributed by atoms with van der Waals surface area (Å²) in [6.45, 7) is 3.46. The van der Waals surface area contributed by atoms with Gasteiger partial charge in [0.25, 0.3) is 5.91 Å². The van der Waals surface area contributed by atoms with Crippen LogP contribution in [0.3, 0.4) is 0 Å². The number of pyridine rings is 1. The number of hydrogen-bond donors (Lipinski definition) is 1. The van der Waals surface area contributed by atoms with Crippen molar-refractivity contribution in [1.29, 1.82) is 0 Å². The summed E-state index contributed by atoms with van der Waals surface area (Å²) >= 11 is 5.95. The Hall–Kier alpha value is -2.15. The van der Waals surface area contributed by atoms with Crippen LogP contribution in [0.2, 0.25) is 5.02 Å². The number of nitrogens with one attached hydrogen (secondary N) is 1. The first-order chi connectivity index (χ1) is 12.6. The number of ether oxygens (including phenoxy) is 1. The van der Waals surface area contributed by atoms with Crippen LogP contribution in [-0.2, 0) is 4.74 Å². The molecule has 2 atom stereocenters. The zero-order valence-corrected chi connectivity index (χ0v) is 15.3. The van der Waals surface area contributed by atoms with Gasteiger partial charge >= 0.3 is 0 Å². The number of carbonyl (C=O) groups excluding carboxylic acids is 1. The smallest absolute Gasteiger partial charge is 0.257 e.